The molecule has 0 fully saturated rings. The topological polar surface area (TPSA) is 48.1 Å². The zero-order chi connectivity index (χ0) is 26.3. The summed E-state index contributed by atoms with van der Waals surface area (Å²) in [6, 6.07) is 23.1. The minimum absolute atomic E-state index is 0.968. The van der Waals surface area contributed by atoms with Crippen molar-refractivity contribution in [3.05, 3.63) is 94.0 Å². The van der Waals surface area contributed by atoms with Crippen molar-refractivity contribution >= 4 is 21.5 Å². The standard InChI is InChI=1S/C35H44N4/c1-6-28-10-12-32-22-26(20-30(8-1)34(28)32)24-38-18-4-16-36-14-3-15-37-17-5-19-39-25-27-21-31-9-2-7-29-11-13-33(23-27)35(29)31/h1-2,6-9,20-23,36-39H,3-5,10-19,24-25H2. The van der Waals surface area contributed by atoms with Crippen LogP contribution in [0.4, 0.5) is 0 Å². The molecule has 2 aliphatic carbocycles. The van der Waals surface area contributed by atoms with Gasteiger partial charge < -0.3 is 21.3 Å². The lowest BCUT2D eigenvalue weighted by molar-refractivity contribution is 0.551. The van der Waals surface area contributed by atoms with Gasteiger partial charge in [-0.1, -0.05) is 48.5 Å². The molecule has 0 bridgehead atoms. The van der Waals surface area contributed by atoms with Gasteiger partial charge in [-0.2, -0.15) is 0 Å². The molecule has 0 saturated carbocycles. The normalized spacial score (nSPS) is 13.7. The van der Waals surface area contributed by atoms with Crippen LogP contribution in [0.25, 0.3) is 21.5 Å². The summed E-state index contributed by atoms with van der Waals surface area (Å²) < 4.78 is 0. The van der Waals surface area contributed by atoms with E-state index >= 15 is 0 Å². The fourth-order valence-corrected chi connectivity index (χ4v) is 6.62. The second-order valence-corrected chi connectivity index (χ2v) is 11.5. The predicted molar refractivity (Wildman–Crippen MR) is 166 cm³/mol. The van der Waals surface area contributed by atoms with E-state index < -0.39 is 0 Å². The van der Waals surface area contributed by atoms with Crippen molar-refractivity contribution in [2.45, 2.75) is 58.0 Å². The summed E-state index contributed by atoms with van der Waals surface area (Å²) in [5.74, 6) is 0. The molecule has 0 radical (unpaired) electrons. The van der Waals surface area contributed by atoms with Gasteiger partial charge in [0.15, 0.2) is 0 Å². The number of benzene rings is 4. The van der Waals surface area contributed by atoms with E-state index in [0.29, 0.717) is 0 Å². The first-order chi connectivity index (χ1) is 19.3. The Morgan fingerprint density at radius 2 is 0.846 bits per heavy atom. The first kappa shape index (κ1) is 26.5. The largest absolute Gasteiger partial charge is 0.317 e. The molecule has 4 heteroatoms. The molecule has 0 amide bonds. The van der Waals surface area contributed by atoms with Gasteiger partial charge in [0.2, 0.25) is 0 Å². The average Bonchev–Trinajstić information content (AvgIpc) is 3.57. The van der Waals surface area contributed by atoms with Gasteiger partial charge in [0.25, 0.3) is 0 Å². The van der Waals surface area contributed by atoms with E-state index in [1.807, 2.05) is 0 Å². The van der Waals surface area contributed by atoms with Crippen LogP contribution in [-0.2, 0) is 38.8 Å². The molecular weight excluding hydrogens is 476 g/mol. The van der Waals surface area contributed by atoms with Gasteiger partial charge in [-0.05, 0) is 151 Å². The Labute approximate surface area is 234 Å². The number of aryl methyl sites for hydroxylation is 4. The molecule has 204 valence electrons. The lowest BCUT2D eigenvalue weighted by Gasteiger charge is -2.10. The number of hydrogen-bond acceptors (Lipinski definition) is 4. The molecule has 2 aliphatic rings. The highest BCUT2D eigenvalue weighted by molar-refractivity contribution is 5.92. The molecular formula is C35H44N4. The molecule has 0 heterocycles. The summed E-state index contributed by atoms with van der Waals surface area (Å²) in [5, 5.41) is 20.3. The van der Waals surface area contributed by atoms with Gasteiger partial charge in [0.1, 0.15) is 0 Å². The third-order valence-corrected chi connectivity index (χ3v) is 8.52. The fraction of sp³-hybridized carbons (Fsp3) is 0.429. The van der Waals surface area contributed by atoms with Crippen molar-refractivity contribution in [1.29, 1.82) is 0 Å². The maximum Gasteiger partial charge on any atom is 0.0205 e. The van der Waals surface area contributed by atoms with Crippen LogP contribution in [0.15, 0.2) is 60.7 Å². The predicted octanol–water partition coefficient (Wildman–Crippen LogP) is 5.42. The summed E-state index contributed by atoms with van der Waals surface area (Å²) in [5.41, 5.74) is 8.98. The van der Waals surface area contributed by atoms with E-state index in [1.54, 1.807) is 11.1 Å². The van der Waals surface area contributed by atoms with Crippen LogP contribution in [0.2, 0.25) is 0 Å². The van der Waals surface area contributed by atoms with Crippen LogP contribution in [0.5, 0.6) is 0 Å². The summed E-state index contributed by atoms with van der Waals surface area (Å²) in [7, 11) is 0. The second kappa shape index (κ2) is 13.1. The monoisotopic (exact) mass is 520 g/mol. The Kier molecular flexibility index (Phi) is 8.86. The van der Waals surface area contributed by atoms with Crippen LogP contribution < -0.4 is 21.3 Å². The summed E-state index contributed by atoms with van der Waals surface area (Å²) >= 11 is 0. The third-order valence-electron chi connectivity index (χ3n) is 8.52. The van der Waals surface area contributed by atoms with Crippen LogP contribution in [0.3, 0.4) is 0 Å². The van der Waals surface area contributed by atoms with E-state index in [-0.39, 0.29) is 0 Å². The van der Waals surface area contributed by atoms with Crippen LogP contribution in [0, 0.1) is 0 Å². The molecule has 0 saturated heterocycles. The minimum Gasteiger partial charge on any atom is -0.317 e. The maximum absolute atomic E-state index is 3.64. The Morgan fingerprint density at radius 3 is 1.31 bits per heavy atom. The van der Waals surface area contributed by atoms with E-state index in [1.165, 1.54) is 88.7 Å². The average molecular weight is 521 g/mol. The van der Waals surface area contributed by atoms with Crippen LogP contribution in [-0.4, -0.2) is 39.3 Å². The zero-order valence-electron chi connectivity index (χ0n) is 23.4. The Hall–Kier alpha value is -2.76. The van der Waals surface area contributed by atoms with Gasteiger partial charge in [-0.15, -0.1) is 0 Å². The van der Waals surface area contributed by atoms with Crippen molar-refractivity contribution in [3.8, 4) is 0 Å². The quantitative estimate of drug-likeness (QED) is 0.149. The maximum atomic E-state index is 3.64. The number of nitrogens with one attached hydrogen (secondary N) is 4. The fourth-order valence-electron chi connectivity index (χ4n) is 6.62. The molecule has 0 spiro atoms. The molecule has 4 N–H and O–H groups in total. The molecule has 4 nitrogen and oxygen atoms in total. The minimum atomic E-state index is 0.968. The molecule has 0 atom stereocenters. The van der Waals surface area contributed by atoms with Crippen LogP contribution >= 0.6 is 0 Å². The Bertz CT molecular complexity index is 1300. The summed E-state index contributed by atoms with van der Waals surface area (Å²) in [6.45, 7) is 8.41. The van der Waals surface area contributed by atoms with E-state index in [0.717, 1.165) is 52.4 Å². The van der Waals surface area contributed by atoms with Crippen molar-refractivity contribution < 1.29 is 0 Å². The third kappa shape index (κ3) is 6.53. The van der Waals surface area contributed by atoms with Gasteiger partial charge in [0, 0.05) is 13.1 Å². The summed E-state index contributed by atoms with van der Waals surface area (Å²) in [4.78, 5) is 0. The Balaban J connectivity index is 0.759. The highest BCUT2D eigenvalue weighted by Gasteiger charge is 2.15. The molecule has 0 aromatic heterocycles. The van der Waals surface area contributed by atoms with Gasteiger partial charge in [-0.25, -0.2) is 0 Å². The van der Waals surface area contributed by atoms with E-state index in [4.69, 9.17) is 0 Å². The van der Waals surface area contributed by atoms with Gasteiger partial charge >= 0.3 is 0 Å². The number of hydrogen-bond donors (Lipinski definition) is 4. The molecule has 4 aromatic rings. The summed E-state index contributed by atoms with van der Waals surface area (Å²) in [6.07, 6.45) is 8.34. The molecule has 39 heavy (non-hydrogen) atoms. The lowest BCUT2D eigenvalue weighted by atomic mass is 10.0. The van der Waals surface area contributed by atoms with Crippen molar-refractivity contribution in [2.75, 3.05) is 39.3 Å². The number of rotatable bonds is 16. The first-order valence-corrected chi connectivity index (χ1v) is 15.2. The van der Waals surface area contributed by atoms with E-state index in [2.05, 4.69) is 81.9 Å². The Morgan fingerprint density at radius 1 is 0.436 bits per heavy atom. The van der Waals surface area contributed by atoms with E-state index in [9.17, 15) is 0 Å². The van der Waals surface area contributed by atoms with Crippen molar-refractivity contribution in [3.63, 3.8) is 0 Å². The second-order valence-electron chi connectivity index (χ2n) is 11.5. The first-order valence-electron chi connectivity index (χ1n) is 15.2. The van der Waals surface area contributed by atoms with Crippen LogP contribution in [0.1, 0.15) is 52.6 Å². The SMILES string of the molecule is c1cc2c3c(cc(CNCCCNCCCNCCCNCc4cc5c6c(cccc6c4)CC5)cc3c1)CC2. The highest BCUT2D eigenvalue weighted by atomic mass is 14.9. The zero-order valence-corrected chi connectivity index (χ0v) is 23.4. The molecule has 0 aliphatic heterocycles. The smallest absolute Gasteiger partial charge is 0.0205 e. The van der Waals surface area contributed by atoms with Gasteiger partial charge in [0.05, 0.1) is 0 Å². The molecule has 4 aromatic carbocycles. The van der Waals surface area contributed by atoms with Crippen molar-refractivity contribution in [1.82, 2.24) is 21.3 Å². The highest BCUT2D eigenvalue weighted by Crippen LogP contribution is 2.32. The lowest BCUT2D eigenvalue weighted by Crippen LogP contribution is -2.26. The van der Waals surface area contributed by atoms with Gasteiger partial charge in [-0.3, -0.25) is 0 Å². The molecule has 6 rings (SSSR count). The molecule has 0 unspecified atom stereocenters. The van der Waals surface area contributed by atoms with Crippen molar-refractivity contribution in [2.24, 2.45) is 0 Å².